The highest BCUT2D eigenvalue weighted by Crippen LogP contribution is 2.49. The zero-order valence-electron chi connectivity index (χ0n) is 26.7. The summed E-state index contributed by atoms with van der Waals surface area (Å²) < 4.78 is 5.49. The van der Waals surface area contributed by atoms with Crippen LogP contribution >= 0.6 is 22.7 Å². The minimum atomic E-state index is 1.26. The lowest BCUT2D eigenvalue weighted by Gasteiger charge is -2.14. The monoisotopic (exact) mass is 646 g/mol. The van der Waals surface area contributed by atoms with Gasteiger partial charge in [-0.1, -0.05) is 127 Å². The van der Waals surface area contributed by atoms with Gasteiger partial charge in [0.05, 0.1) is 0 Å². The first-order valence-electron chi connectivity index (χ1n) is 16.5. The maximum Gasteiger partial charge on any atom is 0.0441 e. The minimum Gasteiger partial charge on any atom is -0.135 e. The van der Waals surface area contributed by atoms with E-state index in [1.165, 1.54) is 106 Å². The molecule has 2 heterocycles. The number of benzene rings is 8. The van der Waals surface area contributed by atoms with Crippen molar-refractivity contribution in [2.75, 3.05) is 0 Å². The van der Waals surface area contributed by atoms with Gasteiger partial charge >= 0.3 is 0 Å². The molecule has 8 aromatic carbocycles. The zero-order valence-corrected chi connectivity index (χ0v) is 28.3. The van der Waals surface area contributed by atoms with Crippen LogP contribution in [-0.2, 0) is 0 Å². The summed E-state index contributed by atoms with van der Waals surface area (Å²) in [5.74, 6) is 0. The Hall–Kier alpha value is -5.28. The number of rotatable bonds is 3. The Kier molecular flexibility index (Phi) is 6.15. The maximum atomic E-state index is 2.41. The Balaban J connectivity index is 1.10. The van der Waals surface area contributed by atoms with E-state index in [0.29, 0.717) is 0 Å². The van der Waals surface area contributed by atoms with Crippen molar-refractivity contribution in [3.05, 3.63) is 156 Å². The van der Waals surface area contributed by atoms with Crippen LogP contribution in [0.5, 0.6) is 0 Å². The number of aryl methyl sites for hydroxylation is 1. The van der Waals surface area contributed by atoms with E-state index in [4.69, 9.17) is 0 Å². The molecule has 0 atom stereocenters. The molecule has 0 nitrogen and oxygen atoms in total. The van der Waals surface area contributed by atoms with Gasteiger partial charge in [0.25, 0.3) is 0 Å². The molecule has 0 bridgehead atoms. The number of thiophene rings is 2. The van der Waals surface area contributed by atoms with E-state index >= 15 is 0 Å². The van der Waals surface area contributed by atoms with Gasteiger partial charge in [0, 0.05) is 51.1 Å². The Labute approximate surface area is 286 Å². The summed E-state index contributed by atoms with van der Waals surface area (Å²) in [6.45, 7) is 4.49. The van der Waals surface area contributed by atoms with Gasteiger partial charge in [0.1, 0.15) is 0 Å². The zero-order chi connectivity index (χ0) is 31.9. The molecule has 0 saturated heterocycles. The predicted molar refractivity (Wildman–Crippen MR) is 215 cm³/mol. The van der Waals surface area contributed by atoms with Crippen molar-refractivity contribution in [3.63, 3.8) is 0 Å². The molecule has 48 heavy (non-hydrogen) atoms. The molecule has 0 amide bonds. The van der Waals surface area contributed by atoms with Crippen LogP contribution in [0.3, 0.4) is 0 Å². The van der Waals surface area contributed by atoms with Gasteiger partial charge in [-0.05, 0) is 87.0 Å². The number of hydrogen-bond acceptors (Lipinski definition) is 2. The fraction of sp³-hybridized carbons (Fsp3) is 0.0435. The number of hydrogen-bond donors (Lipinski definition) is 0. The highest BCUT2D eigenvalue weighted by molar-refractivity contribution is 7.29. The molecule has 0 aliphatic carbocycles. The topological polar surface area (TPSA) is 0 Å². The van der Waals surface area contributed by atoms with Gasteiger partial charge in [0.15, 0.2) is 0 Å². The first kappa shape index (κ1) is 27.8. The van der Waals surface area contributed by atoms with Crippen molar-refractivity contribution in [1.82, 2.24) is 0 Å². The van der Waals surface area contributed by atoms with E-state index in [-0.39, 0.29) is 0 Å². The van der Waals surface area contributed by atoms with E-state index in [1.54, 1.807) is 0 Å². The molecular weight excluding hydrogens is 617 g/mol. The van der Waals surface area contributed by atoms with E-state index in [9.17, 15) is 0 Å². The predicted octanol–water partition coefficient (Wildman–Crippen LogP) is 14.4. The average molecular weight is 647 g/mol. The van der Waals surface area contributed by atoms with Crippen LogP contribution in [0.25, 0.3) is 95.4 Å². The molecule has 0 aliphatic heterocycles. The Morgan fingerprint density at radius 3 is 1.73 bits per heavy atom. The van der Waals surface area contributed by atoms with Gasteiger partial charge in [-0.15, -0.1) is 22.7 Å². The van der Waals surface area contributed by atoms with Crippen molar-refractivity contribution < 1.29 is 0 Å². The molecule has 0 aliphatic rings. The minimum absolute atomic E-state index is 1.26. The molecular formula is C46H30S2. The van der Waals surface area contributed by atoms with E-state index in [1.807, 2.05) is 22.7 Å². The molecule has 2 aromatic heterocycles. The quantitative estimate of drug-likeness (QED) is 0.132. The van der Waals surface area contributed by atoms with Gasteiger partial charge < -0.3 is 0 Å². The summed E-state index contributed by atoms with van der Waals surface area (Å²) in [6.07, 6.45) is 2.36. The summed E-state index contributed by atoms with van der Waals surface area (Å²) in [5.41, 5.74) is 7.67. The molecule has 0 saturated carbocycles. The van der Waals surface area contributed by atoms with Crippen LogP contribution in [-0.4, -0.2) is 0 Å². The van der Waals surface area contributed by atoms with Crippen LogP contribution in [0.4, 0.5) is 0 Å². The van der Waals surface area contributed by atoms with Crippen molar-refractivity contribution in [3.8, 4) is 11.1 Å². The molecule has 0 fully saturated rings. The summed E-state index contributed by atoms with van der Waals surface area (Å²) in [7, 11) is 0. The second kappa shape index (κ2) is 10.6. The Morgan fingerprint density at radius 1 is 0.500 bits per heavy atom. The number of allylic oxidation sites excluding steroid dienone is 1. The highest BCUT2D eigenvalue weighted by Gasteiger charge is 2.18. The van der Waals surface area contributed by atoms with Crippen molar-refractivity contribution >= 4 is 107 Å². The fourth-order valence-corrected chi connectivity index (χ4v) is 10.3. The third-order valence-corrected chi connectivity index (χ3v) is 12.5. The molecule has 10 aromatic rings. The maximum absolute atomic E-state index is 2.41. The molecule has 10 rings (SSSR count). The van der Waals surface area contributed by atoms with Crippen LogP contribution in [0, 0.1) is 6.92 Å². The van der Waals surface area contributed by atoms with E-state index in [0.717, 1.165) is 0 Å². The first-order valence-corrected chi connectivity index (χ1v) is 18.1. The van der Waals surface area contributed by atoms with Gasteiger partial charge in [-0.3, -0.25) is 0 Å². The Bertz CT molecular complexity index is 2910. The standard InChI is InChI=1S/C46H30S2/c1-27(23-29-19-20-33(24-28(29)2)42-34-13-5-3-11-31(34)25-32-12-4-6-14-35(32)42)30-21-22-39-41(26-30)48-46-37-16-8-7-15-36(37)45-43(44(39)46)38-17-9-10-18-40(38)47-45/h3-26H,1-2H3/b27-23+. The summed E-state index contributed by atoms with van der Waals surface area (Å²) in [4.78, 5) is 0. The van der Waals surface area contributed by atoms with E-state index in [2.05, 4.69) is 159 Å². The van der Waals surface area contributed by atoms with Crippen LogP contribution in [0.15, 0.2) is 140 Å². The lowest BCUT2D eigenvalue weighted by molar-refractivity contribution is 1.44. The molecule has 2 heteroatoms. The molecule has 0 unspecified atom stereocenters. The van der Waals surface area contributed by atoms with Gasteiger partial charge in [-0.2, -0.15) is 0 Å². The molecule has 0 radical (unpaired) electrons. The van der Waals surface area contributed by atoms with Crippen molar-refractivity contribution in [2.24, 2.45) is 0 Å². The normalized spacial score (nSPS) is 12.5. The number of fused-ring (bicyclic) bond motifs is 12. The largest absolute Gasteiger partial charge is 0.135 e. The summed E-state index contributed by atoms with van der Waals surface area (Å²) >= 11 is 3.86. The van der Waals surface area contributed by atoms with Crippen LogP contribution in [0.1, 0.15) is 23.6 Å². The summed E-state index contributed by atoms with van der Waals surface area (Å²) in [5, 5.41) is 13.4. The lowest BCUT2D eigenvalue weighted by Crippen LogP contribution is -1.89. The molecule has 226 valence electrons. The smallest absolute Gasteiger partial charge is 0.0441 e. The second-order valence-electron chi connectivity index (χ2n) is 13.0. The third kappa shape index (κ3) is 4.13. The first-order chi connectivity index (χ1) is 23.6. The van der Waals surface area contributed by atoms with Crippen LogP contribution < -0.4 is 0 Å². The molecule has 0 N–H and O–H groups in total. The summed E-state index contributed by atoms with van der Waals surface area (Å²) in [6, 6.07) is 51.7. The van der Waals surface area contributed by atoms with Gasteiger partial charge in [-0.25, -0.2) is 0 Å². The third-order valence-electron chi connectivity index (χ3n) is 10.1. The fourth-order valence-electron chi connectivity index (χ4n) is 7.78. The lowest BCUT2D eigenvalue weighted by atomic mass is 9.90. The van der Waals surface area contributed by atoms with Crippen molar-refractivity contribution in [2.45, 2.75) is 13.8 Å². The molecule has 0 spiro atoms. The Morgan fingerprint density at radius 2 is 1.06 bits per heavy atom. The van der Waals surface area contributed by atoms with Crippen LogP contribution in [0.2, 0.25) is 0 Å². The SMILES string of the molecule is C/C(=C\c1ccc(-c2c3ccccc3cc3ccccc23)cc1C)c1ccc2c(c1)sc1c3ccccc3c3sc4ccccc4c3c21. The van der Waals surface area contributed by atoms with Crippen molar-refractivity contribution in [1.29, 1.82) is 0 Å². The second-order valence-corrected chi connectivity index (χ2v) is 15.1. The van der Waals surface area contributed by atoms with Gasteiger partial charge in [0.2, 0.25) is 0 Å². The average Bonchev–Trinajstić information content (AvgIpc) is 3.70. The van der Waals surface area contributed by atoms with E-state index < -0.39 is 0 Å². The highest BCUT2D eigenvalue weighted by atomic mass is 32.1.